The van der Waals surface area contributed by atoms with Crippen molar-refractivity contribution in [2.45, 2.75) is 19.4 Å². The molecule has 114 valence electrons. The molecule has 23 heavy (non-hydrogen) atoms. The van der Waals surface area contributed by atoms with E-state index in [9.17, 15) is 4.79 Å². The van der Waals surface area contributed by atoms with E-state index in [1.54, 1.807) is 0 Å². The van der Waals surface area contributed by atoms with Crippen molar-refractivity contribution in [3.8, 4) is 0 Å². The summed E-state index contributed by atoms with van der Waals surface area (Å²) in [7, 11) is 0. The molecule has 1 unspecified atom stereocenters. The van der Waals surface area contributed by atoms with Gasteiger partial charge in [-0.1, -0.05) is 36.4 Å². The summed E-state index contributed by atoms with van der Waals surface area (Å²) in [6.45, 7) is 1.96. The lowest BCUT2D eigenvalue weighted by Crippen LogP contribution is -2.27. The Balaban J connectivity index is 1.70. The van der Waals surface area contributed by atoms with Crippen LogP contribution in [0, 0.1) is 0 Å². The van der Waals surface area contributed by atoms with Gasteiger partial charge in [0.1, 0.15) is 6.04 Å². The second-order valence-electron chi connectivity index (χ2n) is 5.83. The fourth-order valence-electron chi connectivity index (χ4n) is 3.13. The molecule has 2 N–H and O–H groups in total. The number of benzene rings is 2. The average molecular weight is 303 g/mol. The second kappa shape index (κ2) is 5.39. The molecule has 0 radical (unpaired) electrons. The Kier molecular flexibility index (Phi) is 3.23. The fraction of sp³-hybridized carbons (Fsp3) is 0.158. The highest BCUT2D eigenvalue weighted by atomic mass is 16.2. The minimum atomic E-state index is -0.415. The lowest BCUT2D eigenvalue weighted by molar-refractivity contribution is -0.117. The molecule has 1 atom stereocenters. The predicted molar refractivity (Wildman–Crippen MR) is 93.1 cm³/mol. The van der Waals surface area contributed by atoms with Gasteiger partial charge in [0.25, 0.3) is 0 Å². The number of amides is 1. The SMILES string of the molecule is CC1=NC(Cc2c[nH]c3ccccc23)C(=O)Nc2ccccc21. The Bertz CT molecular complexity index is 923. The van der Waals surface area contributed by atoms with Crippen LogP contribution in [0.15, 0.2) is 59.7 Å². The summed E-state index contributed by atoms with van der Waals surface area (Å²) in [4.78, 5) is 20.5. The van der Waals surface area contributed by atoms with Crippen LogP contribution in [0.5, 0.6) is 0 Å². The Hall–Kier alpha value is -2.88. The highest BCUT2D eigenvalue weighted by molar-refractivity contribution is 6.11. The molecule has 1 amide bonds. The number of hydrogen-bond acceptors (Lipinski definition) is 2. The van der Waals surface area contributed by atoms with Crippen LogP contribution in [0.2, 0.25) is 0 Å². The van der Waals surface area contributed by atoms with E-state index in [-0.39, 0.29) is 5.91 Å². The first-order valence-corrected chi connectivity index (χ1v) is 7.72. The zero-order chi connectivity index (χ0) is 15.8. The largest absolute Gasteiger partial charge is 0.361 e. The van der Waals surface area contributed by atoms with Gasteiger partial charge >= 0.3 is 0 Å². The van der Waals surface area contributed by atoms with Crippen LogP contribution < -0.4 is 5.32 Å². The van der Waals surface area contributed by atoms with Crippen LogP contribution in [-0.2, 0) is 11.2 Å². The first-order chi connectivity index (χ1) is 11.2. The normalized spacial score (nSPS) is 17.3. The first-order valence-electron chi connectivity index (χ1n) is 7.72. The Morgan fingerprint density at radius 1 is 1.09 bits per heavy atom. The van der Waals surface area contributed by atoms with Crippen molar-refractivity contribution in [3.05, 3.63) is 65.9 Å². The van der Waals surface area contributed by atoms with Gasteiger partial charge in [0.15, 0.2) is 0 Å². The molecule has 4 heteroatoms. The van der Waals surface area contributed by atoms with Crippen molar-refractivity contribution < 1.29 is 4.79 Å². The topological polar surface area (TPSA) is 57.2 Å². The van der Waals surface area contributed by atoms with Crippen LogP contribution in [-0.4, -0.2) is 22.6 Å². The van der Waals surface area contributed by atoms with Gasteiger partial charge in [-0.25, -0.2) is 0 Å². The third-order valence-corrected chi connectivity index (χ3v) is 4.32. The molecule has 4 nitrogen and oxygen atoms in total. The molecule has 3 aromatic rings. The molecular formula is C19H17N3O. The molecule has 0 bridgehead atoms. The van der Waals surface area contributed by atoms with Crippen LogP contribution in [0.1, 0.15) is 18.1 Å². The molecule has 1 aromatic heterocycles. The minimum absolute atomic E-state index is 0.0559. The monoisotopic (exact) mass is 303 g/mol. The predicted octanol–water partition coefficient (Wildman–Crippen LogP) is 3.54. The van der Waals surface area contributed by atoms with Crippen molar-refractivity contribution in [1.29, 1.82) is 0 Å². The third kappa shape index (κ3) is 2.42. The zero-order valence-electron chi connectivity index (χ0n) is 12.8. The summed E-state index contributed by atoms with van der Waals surface area (Å²) in [5.74, 6) is -0.0559. The van der Waals surface area contributed by atoms with E-state index in [0.29, 0.717) is 6.42 Å². The summed E-state index contributed by atoms with van der Waals surface area (Å²) in [6, 6.07) is 15.5. The molecular weight excluding hydrogens is 286 g/mol. The molecule has 0 saturated heterocycles. The number of nitrogens with zero attached hydrogens (tertiary/aromatic N) is 1. The van der Waals surface area contributed by atoms with Crippen LogP contribution in [0.3, 0.4) is 0 Å². The molecule has 2 aromatic carbocycles. The van der Waals surface area contributed by atoms with E-state index in [1.807, 2.05) is 55.6 Å². The number of H-pyrrole nitrogens is 1. The number of aliphatic imine (C=N–C) groups is 1. The second-order valence-corrected chi connectivity index (χ2v) is 5.83. The molecule has 0 spiro atoms. The average Bonchev–Trinajstić information content (AvgIpc) is 2.92. The number of aromatic nitrogens is 1. The van der Waals surface area contributed by atoms with Crippen LogP contribution >= 0.6 is 0 Å². The third-order valence-electron chi connectivity index (χ3n) is 4.32. The molecule has 0 aliphatic carbocycles. The molecule has 2 heterocycles. The highest BCUT2D eigenvalue weighted by Crippen LogP contribution is 2.24. The summed E-state index contributed by atoms with van der Waals surface area (Å²) >= 11 is 0. The van der Waals surface area contributed by atoms with Crippen molar-refractivity contribution in [2.24, 2.45) is 4.99 Å². The van der Waals surface area contributed by atoms with Gasteiger partial charge < -0.3 is 10.3 Å². The standard InChI is InChI=1S/C19H17N3O/c1-12-14-6-2-5-9-17(14)22-19(23)18(21-12)10-13-11-20-16-8-4-3-7-15(13)16/h2-9,11,18,20H,10H2,1H3,(H,22,23). The number of rotatable bonds is 2. The number of para-hydroxylation sites is 2. The molecule has 1 aliphatic rings. The quantitative estimate of drug-likeness (QED) is 0.747. The van der Waals surface area contributed by atoms with Crippen LogP contribution in [0.25, 0.3) is 10.9 Å². The van der Waals surface area contributed by atoms with Gasteiger partial charge in [0, 0.05) is 40.5 Å². The van der Waals surface area contributed by atoms with Gasteiger partial charge in [0.05, 0.1) is 0 Å². The summed E-state index contributed by atoms with van der Waals surface area (Å²) in [5.41, 5.74) is 4.91. The van der Waals surface area contributed by atoms with E-state index >= 15 is 0 Å². The summed E-state index contributed by atoms with van der Waals surface area (Å²) < 4.78 is 0. The smallest absolute Gasteiger partial charge is 0.249 e. The molecule has 0 fully saturated rings. The lowest BCUT2D eigenvalue weighted by Gasteiger charge is -2.10. The maximum Gasteiger partial charge on any atom is 0.249 e. The number of carbonyl (C=O) groups is 1. The number of fused-ring (bicyclic) bond motifs is 2. The molecule has 0 saturated carbocycles. The van der Waals surface area contributed by atoms with E-state index in [1.165, 1.54) is 0 Å². The van der Waals surface area contributed by atoms with E-state index in [0.717, 1.165) is 33.4 Å². The van der Waals surface area contributed by atoms with Gasteiger partial charge in [-0.3, -0.25) is 9.79 Å². The first kappa shape index (κ1) is 13.8. The Morgan fingerprint density at radius 2 is 1.87 bits per heavy atom. The Labute approximate surface area is 134 Å². The van der Waals surface area contributed by atoms with Gasteiger partial charge in [-0.05, 0) is 24.6 Å². The maximum atomic E-state index is 12.6. The number of hydrogen-bond donors (Lipinski definition) is 2. The van der Waals surface area contributed by atoms with Gasteiger partial charge in [-0.15, -0.1) is 0 Å². The number of benzodiazepines with no additional fused rings is 1. The van der Waals surface area contributed by atoms with Crippen molar-refractivity contribution in [3.63, 3.8) is 0 Å². The van der Waals surface area contributed by atoms with Crippen LogP contribution in [0.4, 0.5) is 5.69 Å². The maximum absolute atomic E-state index is 12.6. The summed E-state index contributed by atoms with van der Waals surface area (Å²) in [6.07, 6.45) is 2.56. The highest BCUT2D eigenvalue weighted by Gasteiger charge is 2.24. The number of aromatic amines is 1. The number of anilines is 1. The van der Waals surface area contributed by atoms with E-state index in [2.05, 4.69) is 21.4 Å². The van der Waals surface area contributed by atoms with Gasteiger partial charge in [-0.2, -0.15) is 0 Å². The van der Waals surface area contributed by atoms with E-state index in [4.69, 9.17) is 0 Å². The van der Waals surface area contributed by atoms with Crippen molar-refractivity contribution >= 4 is 28.2 Å². The fourth-order valence-corrected chi connectivity index (χ4v) is 3.13. The number of nitrogens with one attached hydrogen (secondary N) is 2. The lowest BCUT2D eigenvalue weighted by atomic mass is 10.0. The van der Waals surface area contributed by atoms with Gasteiger partial charge in [0.2, 0.25) is 5.91 Å². The van der Waals surface area contributed by atoms with Crippen molar-refractivity contribution in [2.75, 3.05) is 5.32 Å². The summed E-state index contributed by atoms with van der Waals surface area (Å²) in [5, 5.41) is 4.15. The van der Waals surface area contributed by atoms with Crippen molar-refractivity contribution in [1.82, 2.24) is 4.98 Å². The van der Waals surface area contributed by atoms with E-state index < -0.39 is 6.04 Å². The Morgan fingerprint density at radius 3 is 2.78 bits per heavy atom. The zero-order valence-corrected chi connectivity index (χ0v) is 12.8. The molecule has 1 aliphatic heterocycles. The minimum Gasteiger partial charge on any atom is -0.361 e. The molecule has 4 rings (SSSR count). The number of carbonyl (C=O) groups excluding carboxylic acids is 1.